The maximum atomic E-state index is 13.2. The molecule has 0 saturated carbocycles. The van der Waals surface area contributed by atoms with Crippen molar-refractivity contribution in [3.63, 3.8) is 0 Å². The van der Waals surface area contributed by atoms with Crippen molar-refractivity contribution in [2.45, 2.75) is 13.5 Å². The van der Waals surface area contributed by atoms with E-state index in [0.29, 0.717) is 17.3 Å². The molecule has 0 saturated heterocycles. The van der Waals surface area contributed by atoms with Crippen LogP contribution >= 0.6 is 11.6 Å². The summed E-state index contributed by atoms with van der Waals surface area (Å²) in [5, 5.41) is 0.634. The summed E-state index contributed by atoms with van der Waals surface area (Å²) in [7, 11) is 0. The number of hydrogen-bond acceptors (Lipinski definition) is 2. The predicted octanol–water partition coefficient (Wildman–Crippen LogP) is 5.07. The Morgan fingerprint density at radius 3 is 2.35 bits per heavy atom. The lowest BCUT2D eigenvalue weighted by Gasteiger charge is -2.13. The van der Waals surface area contributed by atoms with Gasteiger partial charge in [-0.25, -0.2) is 4.98 Å². The highest BCUT2D eigenvalue weighted by molar-refractivity contribution is 6.30. The number of nitrogens with zero attached hydrogens (tertiary/aromatic N) is 2. The molecule has 0 atom stereocenters. The van der Waals surface area contributed by atoms with E-state index in [1.807, 2.05) is 36.4 Å². The van der Waals surface area contributed by atoms with Gasteiger partial charge in [0, 0.05) is 10.6 Å². The molecule has 0 spiro atoms. The van der Waals surface area contributed by atoms with Crippen LogP contribution < -0.4 is 5.56 Å². The molecule has 0 N–H and O–H groups in total. The molecule has 3 nitrogen and oxygen atoms in total. The number of rotatable bonds is 3. The molecule has 0 aliphatic rings. The van der Waals surface area contributed by atoms with Gasteiger partial charge >= 0.3 is 0 Å². The number of benzene rings is 3. The molecule has 1 aromatic heterocycles. The lowest BCUT2D eigenvalue weighted by molar-refractivity contribution is 0.789. The number of fused-ring (bicyclic) bond motifs is 1. The molecule has 4 rings (SSSR count). The van der Waals surface area contributed by atoms with Crippen LogP contribution in [0.15, 0.2) is 77.6 Å². The van der Waals surface area contributed by atoms with E-state index < -0.39 is 0 Å². The van der Waals surface area contributed by atoms with Crippen molar-refractivity contribution in [3.05, 3.63) is 99.3 Å². The lowest BCUT2D eigenvalue weighted by atomic mass is 10.1. The summed E-state index contributed by atoms with van der Waals surface area (Å²) in [6, 6.07) is 23.2. The van der Waals surface area contributed by atoms with Crippen molar-refractivity contribution in [2.75, 3.05) is 0 Å². The first-order chi connectivity index (χ1) is 12.6. The van der Waals surface area contributed by atoms with Crippen LogP contribution in [-0.2, 0) is 6.54 Å². The first-order valence-corrected chi connectivity index (χ1v) is 8.81. The summed E-state index contributed by atoms with van der Waals surface area (Å²) >= 11 is 5.98. The van der Waals surface area contributed by atoms with E-state index in [-0.39, 0.29) is 5.56 Å². The topological polar surface area (TPSA) is 34.9 Å². The summed E-state index contributed by atoms with van der Waals surface area (Å²) < 4.78 is 1.79. The first-order valence-electron chi connectivity index (χ1n) is 8.43. The molecule has 0 bridgehead atoms. The van der Waals surface area contributed by atoms with Crippen molar-refractivity contribution in [1.29, 1.82) is 0 Å². The van der Waals surface area contributed by atoms with E-state index in [0.717, 1.165) is 22.2 Å². The van der Waals surface area contributed by atoms with Gasteiger partial charge in [0.1, 0.15) is 5.69 Å². The van der Waals surface area contributed by atoms with Crippen molar-refractivity contribution in [2.24, 2.45) is 0 Å². The second-order valence-corrected chi connectivity index (χ2v) is 6.77. The van der Waals surface area contributed by atoms with E-state index in [9.17, 15) is 4.79 Å². The fourth-order valence-corrected chi connectivity index (χ4v) is 3.15. The molecule has 0 radical (unpaired) electrons. The van der Waals surface area contributed by atoms with Gasteiger partial charge in [-0.1, -0.05) is 65.7 Å². The Hall–Kier alpha value is -2.91. The third kappa shape index (κ3) is 3.14. The number of aromatic nitrogens is 2. The zero-order valence-corrected chi connectivity index (χ0v) is 15.1. The Labute approximate surface area is 156 Å². The average molecular weight is 361 g/mol. The molecule has 128 valence electrons. The van der Waals surface area contributed by atoms with E-state index in [2.05, 4.69) is 36.2 Å². The van der Waals surface area contributed by atoms with E-state index in [1.54, 1.807) is 16.7 Å². The van der Waals surface area contributed by atoms with Crippen LogP contribution in [0.3, 0.4) is 0 Å². The molecule has 4 aromatic rings. The molecular weight excluding hydrogens is 344 g/mol. The molecule has 0 unspecified atom stereocenters. The van der Waals surface area contributed by atoms with Gasteiger partial charge in [0.25, 0.3) is 5.56 Å². The summed E-state index contributed by atoms with van der Waals surface area (Å²) in [6.07, 6.45) is 0. The van der Waals surface area contributed by atoms with Gasteiger partial charge in [-0.2, -0.15) is 0 Å². The van der Waals surface area contributed by atoms with Crippen molar-refractivity contribution < 1.29 is 0 Å². The van der Waals surface area contributed by atoms with Crippen LogP contribution in [0, 0.1) is 6.92 Å². The smallest absolute Gasteiger partial charge is 0.277 e. The normalized spacial score (nSPS) is 11.0. The third-order valence-electron chi connectivity index (χ3n) is 4.43. The van der Waals surface area contributed by atoms with Crippen LogP contribution in [0.5, 0.6) is 0 Å². The monoisotopic (exact) mass is 360 g/mol. The summed E-state index contributed by atoms with van der Waals surface area (Å²) in [5.74, 6) is 0. The first kappa shape index (κ1) is 16.6. The third-order valence-corrected chi connectivity index (χ3v) is 4.68. The molecule has 0 fully saturated rings. The highest BCUT2D eigenvalue weighted by Crippen LogP contribution is 2.20. The SMILES string of the molecule is Cc1ccc(Cn2c(=O)c(-c3ccc(Cl)cc3)nc3ccccc32)cc1. The summed E-state index contributed by atoms with van der Waals surface area (Å²) in [4.78, 5) is 17.8. The fraction of sp³-hybridized carbons (Fsp3) is 0.0909. The molecule has 0 aliphatic heterocycles. The standard InChI is InChI=1S/C22H17ClN2O/c1-15-6-8-16(9-7-15)14-25-20-5-3-2-4-19(20)24-21(22(25)26)17-10-12-18(23)13-11-17/h2-13H,14H2,1H3. The molecule has 0 aliphatic carbocycles. The quantitative estimate of drug-likeness (QED) is 0.511. The van der Waals surface area contributed by atoms with Gasteiger partial charge in [0.15, 0.2) is 0 Å². The maximum absolute atomic E-state index is 13.2. The Morgan fingerprint density at radius 2 is 1.62 bits per heavy atom. The van der Waals surface area contributed by atoms with Gasteiger partial charge in [-0.3, -0.25) is 4.79 Å². The Kier molecular flexibility index (Phi) is 4.31. The van der Waals surface area contributed by atoms with Crippen LogP contribution in [0.4, 0.5) is 0 Å². The highest BCUT2D eigenvalue weighted by Gasteiger charge is 2.13. The zero-order valence-electron chi connectivity index (χ0n) is 14.3. The molecule has 0 amide bonds. The Balaban J connectivity index is 1.92. The molecule has 1 heterocycles. The van der Waals surface area contributed by atoms with Crippen molar-refractivity contribution >= 4 is 22.6 Å². The Bertz CT molecular complexity index is 1130. The van der Waals surface area contributed by atoms with Gasteiger partial charge < -0.3 is 4.57 Å². The van der Waals surface area contributed by atoms with E-state index in [4.69, 9.17) is 11.6 Å². The summed E-state index contributed by atoms with van der Waals surface area (Å²) in [5.41, 5.74) is 5.00. The van der Waals surface area contributed by atoms with Gasteiger partial charge in [0.2, 0.25) is 0 Å². The van der Waals surface area contributed by atoms with Gasteiger partial charge in [-0.15, -0.1) is 0 Å². The number of halogens is 1. The number of aryl methyl sites for hydroxylation is 1. The minimum absolute atomic E-state index is 0.105. The number of para-hydroxylation sites is 2. The molecular formula is C22H17ClN2O. The minimum Gasteiger partial charge on any atom is -0.300 e. The van der Waals surface area contributed by atoms with E-state index in [1.165, 1.54) is 5.56 Å². The zero-order chi connectivity index (χ0) is 18.1. The molecule has 4 heteroatoms. The number of hydrogen-bond donors (Lipinski definition) is 0. The van der Waals surface area contributed by atoms with Crippen LogP contribution in [0.25, 0.3) is 22.3 Å². The van der Waals surface area contributed by atoms with Crippen molar-refractivity contribution in [1.82, 2.24) is 9.55 Å². The van der Waals surface area contributed by atoms with E-state index >= 15 is 0 Å². The molecule has 26 heavy (non-hydrogen) atoms. The van der Waals surface area contributed by atoms with Crippen LogP contribution in [0.1, 0.15) is 11.1 Å². The fourth-order valence-electron chi connectivity index (χ4n) is 3.02. The lowest BCUT2D eigenvalue weighted by Crippen LogP contribution is -2.24. The van der Waals surface area contributed by atoms with Crippen LogP contribution in [0.2, 0.25) is 5.02 Å². The van der Waals surface area contributed by atoms with Crippen LogP contribution in [-0.4, -0.2) is 9.55 Å². The Morgan fingerprint density at radius 1 is 0.923 bits per heavy atom. The maximum Gasteiger partial charge on any atom is 0.277 e. The largest absolute Gasteiger partial charge is 0.300 e. The summed E-state index contributed by atoms with van der Waals surface area (Å²) in [6.45, 7) is 2.55. The second-order valence-electron chi connectivity index (χ2n) is 6.33. The molecule has 3 aromatic carbocycles. The van der Waals surface area contributed by atoms with Gasteiger partial charge in [-0.05, 0) is 36.8 Å². The highest BCUT2D eigenvalue weighted by atomic mass is 35.5. The minimum atomic E-state index is -0.105. The average Bonchev–Trinajstić information content (AvgIpc) is 2.66. The van der Waals surface area contributed by atoms with Crippen molar-refractivity contribution in [3.8, 4) is 11.3 Å². The second kappa shape index (κ2) is 6.77. The van der Waals surface area contributed by atoms with Gasteiger partial charge in [0.05, 0.1) is 17.6 Å². The predicted molar refractivity (Wildman–Crippen MR) is 107 cm³/mol.